The number of carboxylic acid groups (broad SMARTS) is 1. The number of aliphatic carboxylic acids is 1. The smallest absolute Gasteiger partial charge is 0.416 e. The van der Waals surface area contributed by atoms with Crippen LogP contribution < -0.4 is 0 Å². The van der Waals surface area contributed by atoms with Crippen LogP contribution in [0.15, 0.2) is 24.5 Å². The van der Waals surface area contributed by atoms with Gasteiger partial charge < -0.3 is 9.84 Å². The van der Waals surface area contributed by atoms with E-state index in [1.165, 1.54) is 12.1 Å². The summed E-state index contributed by atoms with van der Waals surface area (Å²) in [5.41, 5.74) is -0.631. The molecule has 1 rings (SSSR count). The first-order chi connectivity index (χ1) is 8.84. The van der Waals surface area contributed by atoms with Gasteiger partial charge in [0.2, 0.25) is 0 Å². The molecule has 0 aromatic heterocycles. The van der Waals surface area contributed by atoms with Crippen molar-refractivity contribution >= 4 is 12.0 Å². The molecule has 6 heteroatoms. The SMILES string of the molecule is CCO/C=C/c1cc(CC(=O)O)ccc1C(F)(F)F. The number of halogens is 3. The number of ether oxygens (including phenoxy) is 1. The highest BCUT2D eigenvalue weighted by atomic mass is 19.4. The molecule has 1 aromatic rings. The number of rotatable bonds is 5. The zero-order valence-corrected chi connectivity index (χ0v) is 10.2. The number of benzene rings is 1. The summed E-state index contributed by atoms with van der Waals surface area (Å²) in [5, 5.41) is 8.64. The quantitative estimate of drug-likeness (QED) is 0.838. The minimum absolute atomic E-state index is 0.111. The summed E-state index contributed by atoms with van der Waals surface area (Å²) in [6, 6.07) is 3.24. The number of carbonyl (C=O) groups is 1. The Morgan fingerprint density at radius 2 is 2.11 bits per heavy atom. The molecule has 0 aliphatic carbocycles. The molecule has 0 aliphatic heterocycles. The Labute approximate surface area is 108 Å². The van der Waals surface area contributed by atoms with Crippen LogP contribution in [-0.2, 0) is 22.1 Å². The highest BCUT2D eigenvalue weighted by Crippen LogP contribution is 2.33. The van der Waals surface area contributed by atoms with Crippen LogP contribution in [0, 0.1) is 0 Å². The summed E-state index contributed by atoms with van der Waals surface area (Å²) < 4.78 is 43.1. The first-order valence-corrected chi connectivity index (χ1v) is 5.54. The minimum Gasteiger partial charge on any atom is -0.501 e. The van der Waals surface area contributed by atoms with Gasteiger partial charge in [-0.05, 0) is 30.2 Å². The molecule has 0 unspecified atom stereocenters. The number of hydrogen-bond donors (Lipinski definition) is 1. The van der Waals surface area contributed by atoms with E-state index in [1.54, 1.807) is 6.92 Å². The maximum Gasteiger partial charge on any atom is 0.416 e. The molecule has 1 aromatic carbocycles. The Kier molecular flexibility index (Phi) is 4.97. The lowest BCUT2D eigenvalue weighted by Gasteiger charge is -2.11. The van der Waals surface area contributed by atoms with Crippen molar-refractivity contribution in [1.82, 2.24) is 0 Å². The summed E-state index contributed by atoms with van der Waals surface area (Å²) in [6.45, 7) is 2.04. The van der Waals surface area contributed by atoms with Gasteiger partial charge in [0.1, 0.15) is 0 Å². The summed E-state index contributed by atoms with van der Waals surface area (Å²) in [4.78, 5) is 10.6. The third kappa shape index (κ3) is 4.65. The molecule has 0 aliphatic rings. The van der Waals surface area contributed by atoms with Crippen molar-refractivity contribution in [3.8, 4) is 0 Å². The van der Waals surface area contributed by atoms with E-state index in [-0.39, 0.29) is 12.0 Å². The van der Waals surface area contributed by atoms with Crippen LogP contribution in [0.1, 0.15) is 23.6 Å². The average Bonchev–Trinajstić information content (AvgIpc) is 2.27. The summed E-state index contributed by atoms with van der Waals surface area (Å²) in [5.74, 6) is -1.10. The fourth-order valence-corrected chi connectivity index (χ4v) is 1.51. The van der Waals surface area contributed by atoms with Crippen LogP contribution in [0.4, 0.5) is 13.2 Å². The summed E-state index contributed by atoms with van der Waals surface area (Å²) >= 11 is 0. The zero-order chi connectivity index (χ0) is 14.5. The fraction of sp³-hybridized carbons (Fsp3) is 0.308. The van der Waals surface area contributed by atoms with Crippen molar-refractivity contribution in [2.75, 3.05) is 6.61 Å². The lowest BCUT2D eigenvalue weighted by molar-refractivity contribution is -0.137. The maximum absolute atomic E-state index is 12.8. The molecule has 0 atom stereocenters. The molecule has 0 amide bonds. The Bertz CT molecular complexity index is 479. The Hall–Kier alpha value is -1.98. The van der Waals surface area contributed by atoms with E-state index in [0.29, 0.717) is 12.2 Å². The van der Waals surface area contributed by atoms with Crippen molar-refractivity contribution < 1.29 is 27.8 Å². The maximum atomic E-state index is 12.8. The zero-order valence-electron chi connectivity index (χ0n) is 10.2. The van der Waals surface area contributed by atoms with Crippen molar-refractivity contribution in [2.24, 2.45) is 0 Å². The molecule has 0 saturated heterocycles. The van der Waals surface area contributed by atoms with E-state index in [2.05, 4.69) is 0 Å². The first-order valence-electron chi connectivity index (χ1n) is 5.54. The molecule has 1 N–H and O–H groups in total. The molecular weight excluding hydrogens is 261 g/mol. The van der Waals surface area contributed by atoms with Crippen LogP contribution in [0.2, 0.25) is 0 Å². The number of hydrogen-bond acceptors (Lipinski definition) is 2. The largest absolute Gasteiger partial charge is 0.501 e. The number of alkyl halides is 3. The van der Waals surface area contributed by atoms with Gasteiger partial charge in [-0.3, -0.25) is 4.79 Å². The number of carboxylic acids is 1. The molecule has 0 saturated carbocycles. The Balaban J connectivity index is 3.14. The Morgan fingerprint density at radius 1 is 1.42 bits per heavy atom. The molecule has 0 fully saturated rings. The second-order valence-corrected chi connectivity index (χ2v) is 3.75. The van der Waals surface area contributed by atoms with Crippen LogP contribution in [-0.4, -0.2) is 17.7 Å². The average molecular weight is 274 g/mol. The highest BCUT2D eigenvalue weighted by molar-refractivity contribution is 5.71. The van der Waals surface area contributed by atoms with Crippen LogP contribution in [0.25, 0.3) is 6.08 Å². The lowest BCUT2D eigenvalue weighted by atomic mass is 10.0. The minimum atomic E-state index is -4.49. The van der Waals surface area contributed by atoms with Crippen LogP contribution in [0.5, 0.6) is 0 Å². The second-order valence-electron chi connectivity index (χ2n) is 3.75. The van der Waals surface area contributed by atoms with Gasteiger partial charge >= 0.3 is 12.1 Å². The summed E-state index contributed by atoms with van der Waals surface area (Å²) in [6.07, 6.45) is -2.48. The van der Waals surface area contributed by atoms with E-state index >= 15 is 0 Å². The normalized spacial score (nSPS) is 11.8. The standard InChI is InChI=1S/C13H13F3O3/c1-2-19-6-5-10-7-9(8-12(17)18)3-4-11(10)13(14,15)16/h3-7H,2,8H2,1H3,(H,17,18)/b6-5+. The fourth-order valence-electron chi connectivity index (χ4n) is 1.51. The van der Waals surface area contributed by atoms with E-state index < -0.39 is 17.7 Å². The molecule has 0 spiro atoms. The van der Waals surface area contributed by atoms with Gasteiger partial charge in [0, 0.05) is 0 Å². The molecular formula is C13H13F3O3. The van der Waals surface area contributed by atoms with Gasteiger partial charge in [-0.25, -0.2) is 0 Å². The first kappa shape index (κ1) is 15.1. The lowest BCUT2D eigenvalue weighted by Crippen LogP contribution is -2.09. The van der Waals surface area contributed by atoms with Crippen LogP contribution in [0.3, 0.4) is 0 Å². The Morgan fingerprint density at radius 3 is 2.63 bits per heavy atom. The van der Waals surface area contributed by atoms with Crippen LogP contribution >= 0.6 is 0 Å². The second kappa shape index (κ2) is 6.26. The van der Waals surface area contributed by atoms with Gasteiger partial charge in [0.05, 0.1) is 24.9 Å². The van der Waals surface area contributed by atoms with Gasteiger partial charge in [0.25, 0.3) is 0 Å². The molecule has 104 valence electrons. The van der Waals surface area contributed by atoms with E-state index in [9.17, 15) is 18.0 Å². The summed E-state index contributed by atoms with van der Waals surface area (Å²) in [7, 11) is 0. The van der Waals surface area contributed by atoms with Crippen molar-refractivity contribution in [3.05, 3.63) is 41.2 Å². The third-order valence-electron chi connectivity index (χ3n) is 2.29. The van der Waals surface area contributed by atoms with Gasteiger partial charge in [-0.2, -0.15) is 13.2 Å². The monoisotopic (exact) mass is 274 g/mol. The van der Waals surface area contributed by atoms with Crippen molar-refractivity contribution in [2.45, 2.75) is 19.5 Å². The van der Waals surface area contributed by atoms with Gasteiger partial charge in [0.15, 0.2) is 0 Å². The molecule has 0 bridgehead atoms. The van der Waals surface area contributed by atoms with E-state index in [0.717, 1.165) is 18.4 Å². The van der Waals surface area contributed by atoms with E-state index in [4.69, 9.17) is 9.84 Å². The topological polar surface area (TPSA) is 46.5 Å². The predicted molar refractivity (Wildman–Crippen MR) is 63.4 cm³/mol. The van der Waals surface area contributed by atoms with Crippen molar-refractivity contribution in [1.29, 1.82) is 0 Å². The van der Waals surface area contributed by atoms with Gasteiger partial charge in [-0.1, -0.05) is 12.1 Å². The molecule has 3 nitrogen and oxygen atoms in total. The highest BCUT2D eigenvalue weighted by Gasteiger charge is 2.32. The molecule has 0 heterocycles. The molecule has 19 heavy (non-hydrogen) atoms. The van der Waals surface area contributed by atoms with Gasteiger partial charge in [-0.15, -0.1) is 0 Å². The predicted octanol–water partition coefficient (Wildman–Crippen LogP) is 3.34. The third-order valence-corrected chi connectivity index (χ3v) is 2.29. The van der Waals surface area contributed by atoms with E-state index in [1.807, 2.05) is 0 Å². The molecule has 0 radical (unpaired) electrons. The van der Waals surface area contributed by atoms with Crippen molar-refractivity contribution in [3.63, 3.8) is 0 Å².